The van der Waals surface area contributed by atoms with Gasteiger partial charge < -0.3 is 9.64 Å². The summed E-state index contributed by atoms with van der Waals surface area (Å²) in [5.74, 6) is -3.40. The molecule has 1 aliphatic rings. The Morgan fingerprint density at radius 2 is 1.75 bits per heavy atom. The van der Waals surface area contributed by atoms with Crippen molar-refractivity contribution in [3.63, 3.8) is 0 Å². The van der Waals surface area contributed by atoms with E-state index in [0.717, 1.165) is 19.4 Å². The van der Waals surface area contributed by atoms with Crippen LogP contribution in [0.4, 0.5) is 39.5 Å². The number of aromatic nitrogens is 4. The van der Waals surface area contributed by atoms with Crippen LogP contribution in [0.3, 0.4) is 0 Å². The van der Waals surface area contributed by atoms with Crippen LogP contribution in [0.15, 0.2) is 30.6 Å². The number of hydrogen-bond acceptors (Lipinski definition) is 5. The van der Waals surface area contributed by atoms with E-state index in [1.165, 1.54) is 23.1 Å². The molecule has 4 rings (SSSR count). The van der Waals surface area contributed by atoms with Crippen LogP contribution in [0.25, 0.3) is 16.9 Å². The van der Waals surface area contributed by atoms with E-state index in [1.807, 2.05) is 13.8 Å². The first-order valence-corrected chi connectivity index (χ1v) is 13.1. The van der Waals surface area contributed by atoms with Crippen molar-refractivity contribution < 1.29 is 49.0 Å². The molecule has 238 valence electrons. The number of nitrogens with zero attached hydrogens (tertiary/aromatic N) is 6. The molecule has 0 aliphatic heterocycles. The molecule has 1 fully saturated rings. The summed E-state index contributed by atoms with van der Waals surface area (Å²) < 4.78 is 127. The maximum Gasteiger partial charge on any atom is 0.437 e. The van der Waals surface area contributed by atoms with E-state index >= 15 is 0 Å². The zero-order chi connectivity index (χ0) is 33.0. The zero-order valence-corrected chi connectivity index (χ0v) is 23.7. The molecule has 0 radical (unpaired) electrons. The standard InChI is InChI=1S/C26H22ClF9N6O2/c1-13(2)10-41(23(12-37)6-7-23)21(43)16-8-14(4-5-17(16)27)15-9-38-42(11-15)20-18(44-22(28)29)19(39-40(20)3)24(30,25(31,32)33)26(34,35)36/h4-5,8-9,11,13,22H,6-7,10H2,1-3H3. The van der Waals surface area contributed by atoms with Crippen molar-refractivity contribution in [3.8, 4) is 28.8 Å². The lowest BCUT2D eigenvalue weighted by Crippen LogP contribution is -2.51. The van der Waals surface area contributed by atoms with Gasteiger partial charge in [-0.3, -0.25) is 4.79 Å². The molecule has 0 unspecified atom stereocenters. The van der Waals surface area contributed by atoms with Crippen molar-refractivity contribution >= 4 is 17.5 Å². The smallest absolute Gasteiger partial charge is 0.429 e. The lowest BCUT2D eigenvalue weighted by molar-refractivity contribution is -0.350. The maximum absolute atomic E-state index is 14.9. The van der Waals surface area contributed by atoms with Crippen LogP contribution in [0.5, 0.6) is 5.75 Å². The fraction of sp³-hybridized carbons (Fsp3) is 0.462. The highest BCUT2D eigenvalue weighted by Crippen LogP contribution is 2.56. The van der Waals surface area contributed by atoms with Crippen LogP contribution in [0.2, 0.25) is 5.02 Å². The molecule has 2 heterocycles. The Balaban J connectivity index is 1.81. The molecule has 44 heavy (non-hydrogen) atoms. The van der Waals surface area contributed by atoms with Crippen molar-refractivity contribution in [3.05, 3.63) is 46.9 Å². The van der Waals surface area contributed by atoms with Gasteiger partial charge in [0.2, 0.25) is 0 Å². The molecule has 1 aliphatic carbocycles. The molecule has 0 saturated heterocycles. The summed E-state index contributed by atoms with van der Waals surface area (Å²) in [4.78, 5) is 15.0. The highest BCUT2D eigenvalue weighted by molar-refractivity contribution is 6.34. The Bertz CT molecular complexity index is 1590. The Labute approximate surface area is 248 Å². The molecule has 8 nitrogen and oxygen atoms in total. The lowest BCUT2D eigenvalue weighted by Gasteiger charge is -2.29. The van der Waals surface area contributed by atoms with Crippen LogP contribution >= 0.6 is 11.6 Å². The number of ether oxygens (including phenoxy) is 1. The Morgan fingerprint density at radius 1 is 1.14 bits per heavy atom. The Kier molecular flexibility index (Phi) is 8.39. The molecule has 18 heteroatoms. The van der Waals surface area contributed by atoms with Gasteiger partial charge >= 0.3 is 24.6 Å². The number of amides is 1. The van der Waals surface area contributed by atoms with Crippen LogP contribution in [-0.4, -0.2) is 61.4 Å². The first kappa shape index (κ1) is 33.0. The van der Waals surface area contributed by atoms with E-state index in [2.05, 4.69) is 21.0 Å². The number of carbonyl (C=O) groups is 1. The molecule has 3 aromatic rings. The number of alkyl halides is 9. The topological polar surface area (TPSA) is 89.0 Å². The highest BCUT2D eigenvalue weighted by Gasteiger charge is 2.76. The van der Waals surface area contributed by atoms with E-state index in [0.29, 0.717) is 17.5 Å². The number of benzene rings is 1. The summed E-state index contributed by atoms with van der Waals surface area (Å²) in [6, 6.07) is 6.25. The van der Waals surface area contributed by atoms with Crippen molar-refractivity contribution in [2.75, 3.05) is 6.54 Å². The highest BCUT2D eigenvalue weighted by atomic mass is 35.5. The number of rotatable bonds is 9. The minimum Gasteiger partial charge on any atom is -0.429 e. The molecular formula is C26H22ClF9N6O2. The number of carbonyl (C=O) groups excluding carboxylic acids is 1. The van der Waals surface area contributed by atoms with Gasteiger partial charge in [0.1, 0.15) is 5.54 Å². The van der Waals surface area contributed by atoms with Crippen molar-refractivity contribution in [2.45, 2.75) is 56.9 Å². The number of halogens is 10. The molecule has 0 spiro atoms. The monoisotopic (exact) mass is 656 g/mol. The fourth-order valence-electron chi connectivity index (χ4n) is 4.58. The van der Waals surface area contributed by atoms with Crippen molar-refractivity contribution in [1.29, 1.82) is 5.26 Å². The van der Waals surface area contributed by atoms with Gasteiger partial charge in [-0.1, -0.05) is 31.5 Å². The van der Waals surface area contributed by atoms with Gasteiger partial charge in [-0.2, -0.15) is 50.6 Å². The van der Waals surface area contributed by atoms with E-state index in [9.17, 15) is 49.6 Å². The second-order valence-corrected chi connectivity index (χ2v) is 10.9. The normalized spacial score (nSPS) is 15.0. The predicted octanol–water partition coefficient (Wildman–Crippen LogP) is 6.97. The zero-order valence-electron chi connectivity index (χ0n) is 22.9. The Hall–Kier alpha value is -3.94. The van der Waals surface area contributed by atoms with Gasteiger partial charge in [0, 0.05) is 25.4 Å². The molecule has 0 bridgehead atoms. The average Bonchev–Trinajstić information content (AvgIpc) is 3.44. The summed E-state index contributed by atoms with van der Waals surface area (Å²) in [5, 5.41) is 16.5. The summed E-state index contributed by atoms with van der Waals surface area (Å²) in [6.45, 7) is -0.0232. The summed E-state index contributed by atoms with van der Waals surface area (Å²) in [6.07, 6.45) is -10.3. The minimum absolute atomic E-state index is 0.00356. The average molecular weight is 657 g/mol. The van der Waals surface area contributed by atoms with Gasteiger partial charge in [-0.15, -0.1) is 0 Å². The molecule has 0 N–H and O–H groups in total. The van der Waals surface area contributed by atoms with E-state index in [-0.39, 0.29) is 38.9 Å². The maximum atomic E-state index is 14.9. The second-order valence-electron chi connectivity index (χ2n) is 10.5. The summed E-state index contributed by atoms with van der Waals surface area (Å²) in [5.41, 5.74) is -9.37. The third-order valence-corrected chi connectivity index (χ3v) is 7.19. The molecular weight excluding hydrogens is 635 g/mol. The number of hydrogen-bond donors (Lipinski definition) is 0. The molecule has 0 atom stereocenters. The second kappa shape index (κ2) is 11.2. The Morgan fingerprint density at radius 3 is 2.25 bits per heavy atom. The first-order chi connectivity index (χ1) is 20.3. The lowest BCUT2D eigenvalue weighted by atomic mass is 9.99. The number of nitriles is 1. The van der Waals surface area contributed by atoms with Gasteiger partial charge in [-0.05, 0) is 36.5 Å². The molecule has 1 amide bonds. The molecule has 1 saturated carbocycles. The first-order valence-electron chi connectivity index (χ1n) is 12.7. The van der Waals surface area contributed by atoms with Crippen molar-refractivity contribution in [1.82, 2.24) is 24.5 Å². The van der Waals surface area contributed by atoms with Crippen LogP contribution in [-0.2, 0) is 12.7 Å². The number of aryl methyl sites for hydroxylation is 1. The fourth-order valence-corrected chi connectivity index (χ4v) is 4.78. The third-order valence-electron chi connectivity index (χ3n) is 6.86. The molecule has 1 aromatic carbocycles. The third kappa shape index (κ3) is 5.66. The van der Waals surface area contributed by atoms with Crippen LogP contribution in [0, 0.1) is 17.2 Å². The van der Waals surface area contributed by atoms with Gasteiger partial charge in [0.05, 0.1) is 22.9 Å². The van der Waals surface area contributed by atoms with E-state index in [1.54, 1.807) is 0 Å². The van der Waals surface area contributed by atoms with Gasteiger partial charge in [0.15, 0.2) is 17.3 Å². The van der Waals surface area contributed by atoms with E-state index in [4.69, 9.17) is 11.6 Å². The van der Waals surface area contributed by atoms with Crippen LogP contribution in [0.1, 0.15) is 42.7 Å². The summed E-state index contributed by atoms with van der Waals surface area (Å²) in [7, 11) is 0.775. The SMILES string of the molecule is CC(C)CN(C(=O)c1cc(-c2cnn(-c3c(OC(F)F)c(C(F)(C(F)(F)F)C(F)(F)F)nn3C)c2)ccc1Cl)C1(C#N)CC1. The van der Waals surface area contributed by atoms with Crippen molar-refractivity contribution in [2.24, 2.45) is 13.0 Å². The quantitative estimate of drug-likeness (QED) is 0.232. The van der Waals surface area contributed by atoms with Gasteiger partial charge in [-0.25, -0.2) is 13.8 Å². The largest absolute Gasteiger partial charge is 0.437 e. The van der Waals surface area contributed by atoms with Crippen LogP contribution < -0.4 is 4.74 Å². The van der Waals surface area contributed by atoms with E-state index < -0.39 is 53.3 Å². The predicted molar refractivity (Wildman–Crippen MR) is 136 cm³/mol. The minimum atomic E-state index is -6.66. The summed E-state index contributed by atoms with van der Waals surface area (Å²) >= 11 is 6.31. The molecule has 2 aromatic heterocycles. The van der Waals surface area contributed by atoms with Gasteiger partial charge in [0.25, 0.3) is 5.91 Å².